The maximum absolute atomic E-state index is 12.9. The quantitative estimate of drug-likeness (QED) is 0.619. The van der Waals surface area contributed by atoms with Crippen LogP contribution < -0.4 is 10.9 Å². The second-order valence-electron chi connectivity index (χ2n) is 7.04. The predicted octanol–water partition coefficient (Wildman–Crippen LogP) is 5.19. The Morgan fingerprint density at radius 1 is 1.17 bits per heavy atom. The Labute approximate surface area is 178 Å². The van der Waals surface area contributed by atoms with Gasteiger partial charge in [0.2, 0.25) is 5.55 Å². The molecule has 1 N–H and O–H groups in total. The summed E-state index contributed by atoms with van der Waals surface area (Å²) in [6.45, 7) is 3.09. The van der Waals surface area contributed by atoms with Gasteiger partial charge in [0.15, 0.2) is 0 Å². The zero-order valence-electron chi connectivity index (χ0n) is 15.9. The predicted molar refractivity (Wildman–Crippen MR) is 114 cm³/mol. The molecule has 1 aliphatic rings. The largest absolute Gasteiger partial charge is 0.438 e. The van der Waals surface area contributed by atoms with Crippen LogP contribution in [0.25, 0.3) is 11.0 Å². The topological polar surface area (TPSA) is 63.8 Å². The van der Waals surface area contributed by atoms with Crippen molar-refractivity contribution >= 4 is 45.8 Å². The first-order chi connectivity index (χ1) is 14.0. The molecule has 0 unspecified atom stereocenters. The van der Waals surface area contributed by atoms with Crippen molar-refractivity contribution in [3.8, 4) is 0 Å². The van der Waals surface area contributed by atoms with Crippen LogP contribution in [-0.4, -0.2) is 25.2 Å². The highest BCUT2D eigenvalue weighted by atomic mass is 35.5. The van der Waals surface area contributed by atoms with Crippen LogP contribution in [0.5, 0.6) is 0 Å². The molecular formula is C22H20Cl2N2O3. The maximum atomic E-state index is 12.9. The van der Waals surface area contributed by atoms with Crippen molar-refractivity contribution in [1.82, 2.24) is 5.32 Å². The number of benzene rings is 2. The number of nitrogens with zero attached hydrogens (tertiary/aromatic N) is 1. The number of hydrogen-bond donors (Lipinski definition) is 1. The molecule has 3 aromatic rings. The van der Waals surface area contributed by atoms with Crippen molar-refractivity contribution in [2.45, 2.75) is 25.9 Å². The van der Waals surface area contributed by atoms with Gasteiger partial charge in [0.1, 0.15) is 11.1 Å². The first-order valence-electron chi connectivity index (χ1n) is 9.44. The zero-order chi connectivity index (χ0) is 20.4. The van der Waals surface area contributed by atoms with Gasteiger partial charge in [-0.2, -0.15) is 0 Å². The van der Waals surface area contributed by atoms with E-state index < -0.39 is 0 Å². The summed E-state index contributed by atoms with van der Waals surface area (Å²) in [6, 6.07) is 12.4. The number of halogens is 2. The summed E-state index contributed by atoms with van der Waals surface area (Å²) in [7, 11) is 0. The van der Waals surface area contributed by atoms with Gasteiger partial charge in [0.05, 0.1) is 11.8 Å². The molecule has 1 saturated heterocycles. The fourth-order valence-electron chi connectivity index (χ4n) is 3.31. The van der Waals surface area contributed by atoms with Crippen LogP contribution in [0.1, 0.15) is 28.8 Å². The van der Waals surface area contributed by atoms with E-state index in [-0.39, 0.29) is 17.6 Å². The Kier molecular flexibility index (Phi) is 5.90. The number of hydrogen-bond acceptors (Lipinski definition) is 4. The van der Waals surface area contributed by atoms with Gasteiger partial charge < -0.3 is 14.5 Å². The van der Waals surface area contributed by atoms with Crippen molar-refractivity contribution in [2.24, 2.45) is 4.99 Å². The lowest BCUT2D eigenvalue weighted by Gasteiger charge is -2.11. The highest BCUT2D eigenvalue weighted by Gasteiger charge is 2.18. The Hall–Kier alpha value is -2.34. The highest BCUT2D eigenvalue weighted by molar-refractivity contribution is 6.31. The summed E-state index contributed by atoms with van der Waals surface area (Å²) < 4.78 is 11.6. The van der Waals surface area contributed by atoms with Crippen molar-refractivity contribution in [3.05, 3.63) is 69.2 Å². The number of aryl methyl sites for hydroxylation is 1. The van der Waals surface area contributed by atoms with Crippen molar-refractivity contribution in [2.75, 3.05) is 13.2 Å². The molecule has 0 aliphatic carbocycles. The molecule has 0 bridgehead atoms. The van der Waals surface area contributed by atoms with Gasteiger partial charge >= 0.3 is 0 Å². The molecule has 0 radical (unpaired) electrons. The molecule has 1 amide bonds. The standard InChI is InChI=1S/C22H20Cl2N2O3/c1-13-9-15(23)4-6-19(13)26-22-18(21(27)25-12-17-3-2-8-28-17)11-14-10-16(24)5-7-20(14)29-22/h4-7,9-11,17H,2-3,8,12H2,1H3,(H,25,27)/t17-/m0/s1. The average molecular weight is 431 g/mol. The van der Waals surface area contributed by atoms with Gasteiger partial charge in [-0.25, -0.2) is 4.99 Å². The summed E-state index contributed by atoms with van der Waals surface area (Å²) in [4.78, 5) is 17.5. The molecule has 2 aromatic carbocycles. The van der Waals surface area contributed by atoms with E-state index in [0.717, 1.165) is 30.4 Å². The first kappa shape index (κ1) is 20.0. The molecule has 1 fully saturated rings. The van der Waals surface area contributed by atoms with Gasteiger partial charge in [-0.15, -0.1) is 0 Å². The number of rotatable bonds is 4. The molecular weight excluding hydrogens is 411 g/mol. The summed E-state index contributed by atoms with van der Waals surface area (Å²) in [5.74, 6) is -0.267. The number of carbonyl (C=O) groups is 1. The van der Waals surface area contributed by atoms with E-state index >= 15 is 0 Å². The minimum absolute atomic E-state index is 0.0460. The molecule has 1 atom stereocenters. The maximum Gasteiger partial charge on any atom is 0.256 e. The minimum atomic E-state index is -0.267. The Balaban J connectivity index is 1.78. The van der Waals surface area contributed by atoms with E-state index in [0.29, 0.717) is 33.4 Å². The third-order valence-electron chi connectivity index (χ3n) is 4.85. The smallest absolute Gasteiger partial charge is 0.256 e. The minimum Gasteiger partial charge on any atom is -0.438 e. The number of fused-ring (bicyclic) bond motifs is 1. The third-order valence-corrected chi connectivity index (χ3v) is 5.32. The Morgan fingerprint density at radius 2 is 1.97 bits per heavy atom. The van der Waals surface area contributed by atoms with Gasteiger partial charge in [-0.3, -0.25) is 4.79 Å². The van der Waals surface area contributed by atoms with E-state index in [9.17, 15) is 4.79 Å². The molecule has 1 aromatic heterocycles. The van der Waals surface area contributed by atoms with E-state index in [2.05, 4.69) is 10.3 Å². The van der Waals surface area contributed by atoms with Crippen LogP contribution >= 0.6 is 23.2 Å². The normalized spacial score (nSPS) is 17.1. The molecule has 0 saturated carbocycles. The summed E-state index contributed by atoms with van der Waals surface area (Å²) in [6.07, 6.45) is 2.00. The second-order valence-corrected chi connectivity index (χ2v) is 7.91. The molecule has 29 heavy (non-hydrogen) atoms. The monoisotopic (exact) mass is 430 g/mol. The van der Waals surface area contributed by atoms with Crippen LogP contribution in [0.4, 0.5) is 5.69 Å². The van der Waals surface area contributed by atoms with E-state index in [1.54, 1.807) is 36.4 Å². The van der Waals surface area contributed by atoms with E-state index in [1.165, 1.54) is 0 Å². The second kappa shape index (κ2) is 8.57. The van der Waals surface area contributed by atoms with Crippen LogP contribution in [0.15, 0.2) is 51.9 Å². The lowest BCUT2D eigenvalue weighted by molar-refractivity contribution is 0.0854. The highest BCUT2D eigenvalue weighted by Crippen LogP contribution is 2.23. The Morgan fingerprint density at radius 3 is 2.72 bits per heavy atom. The first-order valence-corrected chi connectivity index (χ1v) is 10.2. The van der Waals surface area contributed by atoms with Crippen molar-refractivity contribution < 1.29 is 13.9 Å². The number of carbonyl (C=O) groups excluding carboxylic acids is 1. The van der Waals surface area contributed by atoms with Crippen LogP contribution in [0.3, 0.4) is 0 Å². The SMILES string of the molecule is Cc1cc(Cl)ccc1N=c1oc2ccc(Cl)cc2cc1C(=O)NC[C@@H]1CCCO1. The number of ether oxygens (including phenoxy) is 1. The molecule has 2 heterocycles. The van der Waals surface area contributed by atoms with E-state index in [4.69, 9.17) is 32.4 Å². The molecule has 5 nitrogen and oxygen atoms in total. The van der Waals surface area contributed by atoms with Gasteiger partial charge in [-0.1, -0.05) is 23.2 Å². The molecule has 1 aliphatic heterocycles. The number of amides is 1. The van der Waals surface area contributed by atoms with Gasteiger partial charge in [0, 0.05) is 28.6 Å². The molecule has 4 rings (SSSR count). The van der Waals surface area contributed by atoms with Gasteiger partial charge in [-0.05, 0) is 67.8 Å². The van der Waals surface area contributed by atoms with Crippen molar-refractivity contribution in [1.29, 1.82) is 0 Å². The van der Waals surface area contributed by atoms with E-state index in [1.807, 2.05) is 13.0 Å². The van der Waals surface area contributed by atoms with Crippen LogP contribution in [0.2, 0.25) is 10.0 Å². The molecule has 7 heteroatoms. The van der Waals surface area contributed by atoms with Crippen LogP contribution in [-0.2, 0) is 4.74 Å². The summed E-state index contributed by atoms with van der Waals surface area (Å²) >= 11 is 12.2. The summed E-state index contributed by atoms with van der Waals surface area (Å²) in [5.41, 5.74) is 2.73. The average Bonchev–Trinajstić information content (AvgIpc) is 3.21. The number of nitrogens with one attached hydrogen (secondary N) is 1. The van der Waals surface area contributed by atoms with Crippen LogP contribution in [0, 0.1) is 6.92 Å². The fourth-order valence-corrected chi connectivity index (χ4v) is 3.72. The molecule has 0 spiro atoms. The molecule has 150 valence electrons. The Bertz CT molecular complexity index is 1130. The lowest BCUT2D eigenvalue weighted by atomic mass is 10.1. The van der Waals surface area contributed by atoms with Crippen molar-refractivity contribution in [3.63, 3.8) is 0 Å². The van der Waals surface area contributed by atoms with Gasteiger partial charge in [0.25, 0.3) is 5.91 Å². The summed E-state index contributed by atoms with van der Waals surface area (Å²) in [5, 5.41) is 4.85. The fraction of sp³-hybridized carbons (Fsp3) is 0.273. The third kappa shape index (κ3) is 4.64. The zero-order valence-corrected chi connectivity index (χ0v) is 17.4. The lowest BCUT2D eigenvalue weighted by Crippen LogP contribution is -2.34.